The lowest BCUT2D eigenvalue weighted by Gasteiger charge is -2.52. The van der Waals surface area contributed by atoms with Crippen molar-refractivity contribution in [2.24, 2.45) is 0 Å². The normalized spacial score (nSPS) is 47.3. The van der Waals surface area contributed by atoms with Crippen molar-refractivity contribution in [2.75, 3.05) is 72.7 Å². The molecular weight excluding hydrogens is 1950 g/mol. The SMILES string of the molecule is CC(=O)N[C@@H]1[C@@H](O)[C@H](O[C@@H]2O[C@H](CO)[C@@H](O[C@@H]3O[C@H](CO[C@@H]4O[C@H](CO[C@@H]5O[C@H](CO)[C@@H](O)[C@H](O)[C@H]5NC(C)=O)[C@@H](O[C@@H]5O[C@H](CO)[C@@H](O)[C@H](O)[C@H]5NC(C)=O)[C@H](O)[C@@H]4O[C@@H]4O[C@H](CO)[C@@H](O)[C@H](O)[C@H]4NC(C)=O)[C@@H](O)[C@H](O[C@@H]4O[C@H](CO)[C@@H](O[C@@H]5O[C@H](CO)[C@@H](O)[C@H](O)[C@H]5NC(C)=O)[C@H](O)[C@@H]4O[C@@H]4O[C@H](CO)[C@@H](O[C@@H]5O[C@H](CO)[C@H](O)[C@H](O)[C@H]5O)[C@H](O)[C@H]4NC(C)=O)[C@@H]3O)[C@H](O)[C@H]2NC(C)=O)[C@@H](CO)O[C@H]1O. The molecule has 11 heterocycles. The van der Waals surface area contributed by atoms with Crippen LogP contribution in [0.3, 0.4) is 0 Å². The molecule has 0 bridgehead atoms. The Morgan fingerprint density at radius 3 is 0.748 bits per heavy atom. The molecule has 63 heteroatoms. The average molecular weight is 2090 g/mol. The Morgan fingerprint density at radius 2 is 0.399 bits per heavy atom. The van der Waals surface area contributed by atoms with Crippen molar-refractivity contribution in [2.45, 2.75) is 386 Å². The van der Waals surface area contributed by atoms with E-state index in [4.69, 9.17) is 99.5 Å². The molecule has 0 saturated carbocycles. The predicted molar refractivity (Wildman–Crippen MR) is 444 cm³/mol. The molecule has 11 rings (SSSR count). The van der Waals surface area contributed by atoms with Gasteiger partial charge < -0.3 is 280 Å². The Labute approximate surface area is 810 Å². The first-order valence-corrected chi connectivity index (χ1v) is 45.6. The summed E-state index contributed by atoms with van der Waals surface area (Å²) in [5.74, 6) is -6.74. The van der Waals surface area contributed by atoms with Crippen molar-refractivity contribution in [3.63, 3.8) is 0 Å². The molecule has 11 aliphatic rings. The van der Waals surface area contributed by atoms with Crippen LogP contribution < -0.4 is 37.2 Å². The van der Waals surface area contributed by atoms with Crippen molar-refractivity contribution in [1.82, 2.24) is 37.2 Å². The van der Waals surface area contributed by atoms with Gasteiger partial charge in [0.1, 0.15) is 268 Å². The van der Waals surface area contributed by atoms with Crippen LogP contribution in [0.15, 0.2) is 0 Å². The highest BCUT2D eigenvalue weighted by Crippen LogP contribution is 2.43. The molecule has 0 radical (unpaired) electrons. The third kappa shape index (κ3) is 26.9. The second-order valence-electron chi connectivity index (χ2n) is 36.0. The molecule has 0 aromatic heterocycles. The first-order valence-electron chi connectivity index (χ1n) is 45.6. The molecule has 11 aliphatic heterocycles. The summed E-state index contributed by atoms with van der Waals surface area (Å²) in [5.41, 5.74) is 0. The van der Waals surface area contributed by atoms with Gasteiger partial charge in [0.15, 0.2) is 69.2 Å². The maximum Gasteiger partial charge on any atom is 0.217 e. The minimum Gasteiger partial charge on any atom is -0.394 e. The Kier molecular flexibility index (Phi) is 42.7. The summed E-state index contributed by atoms with van der Waals surface area (Å²) in [5, 5.41) is 337. The van der Waals surface area contributed by atoms with Crippen LogP contribution >= 0.6 is 0 Å². The molecule has 63 nitrogen and oxygen atoms in total. The number of hydrogen-bond acceptors (Lipinski definition) is 56. The van der Waals surface area contributed by atoms with E-state index >= 15 is 0 Å². The second-order valence-corrected chi connectivity index (χ2v) is 36.0. The van der Waals surface area contributed by atoms with E-state index in [1.165, 1.54) is 0 Å². The number of carbonyl (C=O) groups is 7. The number of hydrogen-bond donors (Lipinski definition) is 35. The van der Waals surface area contributed by atoms with Gasteiger partial charge in [-0.2, -0.15) is 0 Å². The fraction of sp³-hybridized carbons (Fsp3) is 0.912. The Hall–Kier alpha value is -5.67. The zero-order valence-corrected chi connectivity index (χ0v) is 77.5. The van der Waals surface area contributed by atoms with Crippen molar-refractivity contribution < 1.29 is 276 Å². The van der Waals surface area contributed by atoms with E-state index in [-0.39, 0.29) is 0 Å². The quantitative estimate of drug-likeness (QED) is 0.0273. The summed E-state index contributed by atoms with van der Waals surface area (Å²) >= 11 is 0. The summed E-state index contributed by atoms with van der Waals surface area (Å²) in [6, 6.07) is -13.6. The summed E-state index contributed by atoms with van der Waals surface area (Å²) < 4.78 is 129. The Balaban J connectivity index is 1.05. The molecule has 0 aliphatic carbocycles. The smallest absolute Gasteiger partial charge is 0.217 e. The monoisotopic (exact) mass is 2090 g/mol. The molecule has 0 aromatic carbocycles. The first-order chi connectivity index (χ1) is 67.6. The van der Waals surface area contributed by atoms with Gasteiger partial charge in [0, 0.05) is 48.5 Å². The molecule has 11 saturated heterocycles. The summed E-state index contributed by atoms with van der Waals surface area (Å²) in [6.07, 6.45) is -107. The molecule has 35 N–H and O–H groups in total. The molecule has 11 fully saturated rings. The number of carbonyl (C=O) groups excluding carboxylic acids is 7. The van der Waals surface area contributed by atoms with Crippen LogP contribution in [-0.4, -0.2) is 594 Å². The van der Waals surface area contributed by atoms with Gasteiger partial charge in [0.2, 0.25) is 41.4 Å². The van der Waals surface area contributed by atoms with Crippen LogP contribution in [0.25, 0.3) is 0 Å². The van der Waals surface area contributed by atoms with Crippen LogP contribution in [-0.2, 0) is 133 Å². The van der Waals surface area contributed by atoms with E-state index in [1.54, 1.807) is 0 Å². The Morgan fingerprint density at radius 1 is 0.182 bits per heavy atom. The minimum atomic E-state index is -2.81. The molecule has 824 valence electrons. The highest BCUT2D eigenvalue weighted by Gasteiger charge is 2.64. The highest BCUT2D eigenvalue weighted by molar-refractivity contribution is 5.75. The summed E-state index contributed by atoms with van der Waals surface area (Å²) in [4.78, 5) is 90.9. The Bertz CT molecular complexity index is 4050. The van der Waals surface area contributed by atoms with E-state index in [0.717, 1.165) is 48.5 Å². The number of nitrogens with one attached hydrogen (secondary N) is 7. The number of rotatable bonds is 38. The van der Waals surface area contributed by atoms with Gasteiger partial charge in [-0.1, -0.05) is 0 Å². The molecule has 0 unspecified atom stereocenters. The largest absolute Gasteiger partial charge is 0.394 e. The van der Waals surface area contributed by atoms with Crippen LogP contribution in [0.4, 0.5) is 0 Å². The number of amides is 7. The first kappa shape index (κ1) is 118. The second kappa shape index (κ2) is 51.9. The van der Waals surface area contributed by atoms with Crippen molar-refractivity contribution in [3.8, 4) is 0 Å². The zero-order chi connectivity index (χ0) is 105. The molecule has 143 heavy (non-hydrogen) atoms. The molecule has 0 aromatic rings. The van der Waals surface area contributed by atoms with Crippen molar-refractivity contribution in [3.05, 3.63) is 0 Å². The summed E-state index contributed by atoms with van der Waals surface area (Å²) in [6.45, 7) is -6.71. The van der Waals surface area contributed by atoms with E-state index in [0.29, 0.717) is 0 Å². The molecular formula is C80H133N7O56. The van der Waals surface area contributed by atoms with E-state index in [1.807, 2.05) is 0 Å². The lowest BCUT2D eigenvalue weighted by Crippen LogP contribution is -2.71. The van der Waals surface area contributed by atoms with Crippen LogP contribution in [0.1, 0.15) is 48.5 Å². The van der Waals surface area contributed by atoms with Gasteiger partial charge in [-0.3, -0.25) is 33.6 Å². The van der Waals surface area contributed by atoms with Crippen LogP contribution in [0.5, 0.6) is 0 Å². The van der Waals surface area contributed by atoms with Gasteiger partial charge in [0.05, 0.1) is 72.7 Å². The van der Waals surface area contributed by atoms with Crippen LogP contribution in [0, 0.1) is 0 Å². The molecule has 7 amide bonds. The maximum atomic E-state index is 13.4. The van der Waals surface area contributed by atoms with E-state index in [9.17, 15) is 177 Å². The third-order valence-electron chi connectivity index (χ3n) is 25.8. The fourth-order valence-electron chi connectivity index (χ4n) is 18.5. The third-order valence-corrected chi connectivity index (χ3v) is 25.8. The zero-order valence-electron chi connectivity index (χ0n) is 77.5. The number of ether oxygens (including phenoxy) is 21. The topological polar surface area (TPSA) is 964 Å². The number of aliphatic hydroxyl groups is 28. The van der Waals surface area contributed by atoms with Gasteiger partial charge in [-0.25, -0.2) is 0 Å². The van der Waals surface area contributed by atoms with E-state index < -0.39 is 451 Å². The standard InChI is InChI=1S/C80H133N7O56/c1-19(97)81-37-54(114)62(31(13-93)125-70(37)122)136-75-42(86-24(6)102)55(115)64(33(15-95)131-75)140-78-61(121)67(141-80-69(59(119)65(34(16-96)133-80)137-72-39(83-21(3)99)51(111)45(105)27(9-89)127-72)143-76-43(87-25(7)103)56(116)63(32(14-94)132-76)139-77-58(118)57(117)48(108)30(12-92)130-77)49(109)35(134-78)17-124-79-68(142-74-41(85-23(5)101)53(113)47(107)29(11-91)129-74)60(120)66(138-73-40(84-22(4)100)52(112)46(106)28(10-90)128-73)36(135-79)18-123-71-38(82-20(2)98)50(110)44(104)26(8-88)126-71/h26-80,88-96,104-122H,8-18H2,1-7H3,(H,81,97)(H,82,98)(H,83,99)(H,84,100)(H,85,101)(H,86,102)(H,87,103)/t26-,27-,28-,29-,30-,31-,32-,33-,34-,35-,36-,37-,38-,39-,40-,41-,42-,43-,44-,45-,46-,47-,48+,49-,50-,51-,52-,53-,54-,55-,56-,57+,58-,59+,60+,61+,62-,63-,64-,65-,66-,67+,68+,69+,70-,71-,72+,73+,74+,75+,76+,77+,78+,79-,80+/m1/s1. The van der Waals surface area contributed by atoms with Gasteiger partial charge >= 0.3 is 0 Å². The summed E-state index contributed by atoms with van der Waals surface area (Å²) in [7, 11) is 0. The van der Waals surface area contributed by atoms with Gasteiger partial charge in [-0.05, 0) is 0 Å². The number of aliphatic hydroxyl groups excluding tert-OH is 28. The van der Waals surface area contributed by atoms with E-state index in [2.05, 4.69) is 37.2 Å². The minimum absolute atomic E-state index is 0.844. The van der Waals surface area contributed by atoms with Crippen LogP contribution in [0.2, 0.25) is 0 Å². The fourth-order valence-corrected chi connectivity index (χ4v) is 18.5. The molecule has 55 atom stereocenters. The lowest BCUT2D eigenvalue weighted by molar-refractivity contribution is -0.406. The van der Waals surface area contributed by atoms with Crippen molar-refractivity contribution in [1.29, 1.82) is 0 Å². The van der Waals surface area contributed by atoms with Gasteiger partial charge in [-0.15, -0.1) is 0 Å². The lowest BCUT2D eigenvalue weighted by atomic mass is 9.93. The maximum absolute atomic E-state index is 13.4. The molecule has 0 spiro atoms. The predicted octanol–water partition coefficient (Wildman–Crippen LogP) is -24.0. The average Bonchev–Trinajstić information content (AvgIpc) is 0.773. The van der Waals surface area contributed by atoms with Crippen molar-refractivity contribution >= 4 is 41.4 Å². The van der Waals surface area contributed by atoms with Gasteiger partial charge in [0.25, 0.3) is 0 Å². The highest BCUT2D eigenvalue weighted by atomic mass is 16.8.